The molecule has 2 aromatic carbocycles. The summed E-state index contributed by atoms with van der Waals surface area (Å²) in [7, 11) is -3.27. The van der Waals surface area contributed by atoms with E-state index in [1.165, 1.54) is 39.8 Å². The van der Waals surface area contributed by atoms with Crippen molar-refractivity contribution < 1.29 is 22.4 Å². The second-order valence-corrected chi connectivity index (χ2v) is 12.9. The lowest BCUT2D eigenvalue weighted by Crippen LogP contribution is -2.41. The van der Waals surface area contributed by atoms with E-state index in [-0.39, 0.29) is 53.4 Å². The molecule has 2 amide bonds. The summed E-state index contributed by atoms with van der Waals surface area (Å²) in [6, 6.07) is 13.2. The van der Waals surface area contributed by atoms with Gasteiger partial charge in [-0.15, -0.1) is 0 Å². The molecular weight excluding hydrogens is 543 g/mol. The Labute approximate surface area is 224 Å². The summed E-state index contributed by atoms with van der Waals surface area (Å²) in [6.45, 7) is 0.130. The highest BCUT2D eigenvalue weighted by atomic mass is 35.5. The van der Waals surface area contributed by atoms with E-state index in [0.29, 0.717) is 22.1 Å². The fourth-order valence-electron chi connectivity index (χ4n) is 4.22. The SMILES string of the molecule is O=C1/C(=C/c2ccccc2)SC(=S)N1CCCC(=O)N(Cc1c(F)cccc1Cl)C1CCS(=O)(=O)C1. The average Bonchev–Trinajstić information content (AvgIpc) is 3.32. The van der Waals surface area contributed by atoms with Crippen molar-refractivity contribution in [3.63, 3.8) is 0 Å². The van der Waals surface area contributed by atoms with Crippen molar-refractivity contribution in [2.75, 3.05) is 18.1 Å². The Morgan fingerprint density at radius 2 is 1.97 bits per heavy atom. The van der Waals surface area contributed by atoms with Crippen LogP contribution in [0.5, 0.6) is 0 Å². The van der Waals surface area contributed by atoms with Gasteiger partial charge in [-0.25, -0.2) is 12.8 Å². The number of thiocarbonyl (C=S) groups is 1. The molecule has 0 aromatic heterocycles. The summed E-state index contributed by atoms with van der Waals surface area (Å²) in [6.07, 6.45) is 2.45. The van der Waals surface area contributed by atoms with Crippen molar-refractivity contribution in [1.82, 2.24) is 9.80 Å². The van der Waals surface area contributed by atoms with Crippen LogP contribution in [0.3, 0.4) is 0 Å². The Morgan fingerprint density at radius 1 is 1.22 bits per heavy atom. The van der Waals surface area contributed by atoms with E-state index in [0.717, 1.165) is 5.56 Å². The molecule has 2 fully saturated rings. The lowest BCUT2D eigenvalue weighted by Gasteiger charge is -2.29. The van der Waals surface area contributed by atoms with Gasteiger partial charge in [0.05, 0.1) is 23.0 Å². The number of carbonyl (C=O) groups excluding carboxylic acids is 2. The molecule has 4 rings (SSSR count). The molecule has 2 saturated heterocycles. The molecule has 1 atom stereocenters. The van der Waals surface area contributed by atoms with Gasteiger partial charge in [0.15, 0.2) is 9.84 Å². The summed E-state index contributed by atoms with van der Waals surface area (Å²) in [5, 5.41) is 0.177. The normalized spacial score (nSPS) is 20.3. The molecule has 6 nitrogen and oxygen atoms in total. The lowest BCUT2D eigenvalue weighted by molar-refractivity contribution is -0.134. The molecule has 190 valence electrons. The molecular formula is C25H24ClFN2O4S3. The maximum Gasteiger partial charge on any atom is 0.266 e. The van der Waals surface area contributed by atoms with Crippen LogP contribution in [0.4, 0.5) is 4.39 Å². The number of hydrogen-bond acceptors (Lipinski definition) is 6. The molecule has 11 heteroatoms. The lowest BCUT2D eigenvalue weighted by atomic mass is 10.1. The van der Waals surface area contributed by atoms with Gasteiger partial charge in [-0.1, -0.05) is 72.0 Å². The van der Waals surface area contributed by atoms with Crippen molar-refractivity contribution in [2.24, 2.45) is 0 Å². The molecule has 2 heterocycles. The number of thioether (sulfide) groups is 1. The number of rotatable bonds is 8. The third kappa shape index (κ3) is 6.34. The van der Waals surface area contributed by atoms with Gasteiger partial charge in [0.2, 0.25) is 5.91 Å². The van der Waals surface area contributed by atoms with E-state index < -0.39 is 21.7 Å². The Kier molecular flexibility index (Phi) is 8.49. The highest BCUT2D eigenvalue weighted by Crippen LogP contribution is 2.33. The first-order valence-electron chi connectivity index (χ1n) is 11.4. The van der Waals surface area contributed by atoms with Gasteiger partial charge in [-0.05, 0) is 36.6 Å². The van der Waals surface area contributed by atoms with Crippen molar-refractivity contribution >= 4 is 67.6 Å². The maximum absolute atomic E-state index is 14.4. The zero-order valence-corrected chi connectivity index (χ0v) is 22.4. The fourth-order valence-corrected chi connectivity index (χ4v) is 7.48. The second-order valence-electron chi connectivity index (χ2n) is 8.63. The number of nitrogens with zero attached hydrogens (tertiary/aromatic N) is 2. The van der Waals surface area contributed by atoms with Crippen molar-refractivity contribution in [1.29, 1.82) is 0 Å². The van der Waals surface area contributed by atoms with Gasteiger partial charge in [0, 0.05) is 29.6 Å². The third-order valence-electron chi connectivity index (χ3n) is 6.10. The maximum atomic E-state index is 14.4. The average molecular weight is 567 g/mol. The standard InChI is InChI=1S/C25H24ClFN2O4S3/c26-20-8-4-9-21(27)19(20)15-29(18-11-13-36(32,33)16-18)23(30)10-5-12-28-24(31)22(35-25(28)34)14-17-6-2-1-3-7-17/h1-4,6-9,14,18H,5,10-13,15-16H2/b22-14-. The van der Waals surface area contributed by atoms with Crippen molar-refractivity contribution in [2.45, 2.75) is 31.8 Å². The van der Waals surface area contributed by atoms with Gasteiger partial charge >= 0.3 is 0 Å². The van der Waals surface area contributed by atoms with E-state index >= 15 is 0 Å². The van der Waals surface area contributed by atoms with E-state index in [4.69, 9.17) is 23.8 Å². The highest BCUT2D eigenvalue weighted by Gasteiger charge is 2.36. The molecule has 2 aliphatic heterocycles. The first-order valence-corrected chi connectivity index (χ1v) is 14.8. The number of carbonyl (C=O) groups is 2. The zero-order valence-electron chi connectivity index (χ0n) is 19.2. The van der Waals surface area contributed by atoms with Crippen LogP contribution in [0.1, 0.15) is 30.4 Å². The van der Waals surface area contributed by atoms with Gasteiger partial charge < -0.3 is 4.90 Å². The van der Waals surface area contributed by atoms with E-state index in [9.17, 15) is 22.4 Å². The minimum atomic E-state index is -3.27. The predicted octanol–water partition coefficient (Wildman–Crippen LogP) is 4.68. The molecule has 0 bridgehead atoms. The summed E-state index contributed by atoms with van der Waals surface area (Å²) in [5.74, 6) is -1.26. The summed E-state index contributed by atoms with van der Waals surface area (Å²) >= 11 is 12.8. The zero-order chi connectivity index (χ0) is 25.9. The Hall–Kier alpha value is -2.27. The van der Waals surface area contributed by atoms with Gasteiger partial charge in [-0.2, -0.15) is 0 Å². The van der Waals surface area contributed by atoms with E-state index in [1.807, 2.05) is 30.3 Å². The Bertz CT molecular complexity index is 1300. The van der Waals surface area contributed by atoms with Crippen molar-refractivity contribution in [3.8, 4) is 0 Å². The number of amides is 2. The monoisotopic (exact) mass is 566 g/mol. The van der Waals surface area contributed by atoms with Crippen LogP contribution >= 0.6 is 35.6 Å². The predicted molar refractivity (Wildman–Crippen MR) is 145 cm³/mol. The van der Waals surface area contributed by atoms with Crippen LogP contribution < -0.4 is 0 Å². The van der Waals surface area contributed by atoms with Crippen LogP contribution in [0.15, 0.2) is 53.4 Å². The first-order chi connectivity index (χ1) is 17.1. The third-order valence-corrected chi connectivity index (χ3v) is 9.59. The minimum absolute atomic E-state index is 0.0171. The van der Waals surface area contributed by atoms with Crippen LogP contribution in [0, 0.1) is 5.82 Å². The number of hydrogen-bond donors (Lipinski definition) is 0. The molecule has 0 saturated carbocycles. The van der Waals surface area contributed by atoms with Crippen LogP contribution in [-0.2, 0) is 26.0 Å². The second kappa shape index (κ2) is 11.4. The minimum Gasteiger partial charge on any atom is -0.334 e. The molecule has 2 aromatic rings. The molecule has 0 aliphatic carbocycles. The summed E-state index contributed by atoms with van der Waals surface area (Å²) in [5.41, 5.74) is 1.04. The molecule has 1 unspecified atom stereocenters. The van der Waals surface area contributed by atoms with Crippen molar-refractivity contribution in [3.05, 3.63) is 75.4 Å². The number of sulfone groups is 1. The van der Waals surface area contributed by atoms with E-state index in [2.05, 4.69) is 0 Å². The summed E-state index contributed by atoms with van der Waals surface area (Å²) in [4.78, 5) is 29.5. The Balaban J connectivity index is 1.42. The number of halogens is 2. The van der Waals surface area contributed by atoms with Crippen LogP contribution in [-0.4, -0.2) is 58.4 Å². The molecule has 36 heavy (non-hydrogen) atoms. The Morgan fingerprint density at radius 3 is 2.64 bits per heavy atom. The molecule has 0 spiro atoms. The van der Waals surface area contributed by atoms with Gasteiger partial charge in [0.25, 0.3) is 5.91 Å². The van der Waals surface area contributed by atoms with E-state index in [1.54, 1.807) is 6.08 Å². The topological polar surface area (TPSA) is 74.8 Å². The highest BCUT2D eigenvalue weighted by molar-refractivity contribution is 8.26. The smallest absolute Gasteiger partial charge is 0.266 e. The first kappa shape index (κ1) is 26.8. The van der Waals surface area contributed by atoms with Crippen LogP contribution in [0.25, 0.3) is 6.08 Å². The fraction of sp³-hybridized carbons (Fsp3) is 0.320. The molecule has 0 N–H and O–H groups in total. The molecule has 2 aliphatic rings. The van der Waals surface area contributed by atoms with Crippen LogP contribution in [0.2, 0.25) is 5.02 Å². The quantitative estimate of drug-likeness (QED) is 0.341. The summed E-state index contributed by atoms with van der Waals surface area (Å²) < 4.78 is 39.0. The largest absolute Gasteiger partial charge is 0.334 e. The number of benzene rings is 2. The molecule has 0 radical (unpaired) electrons. The van der Waals surface area contributed by atoms with Gasteiger partial charge in [0.1, 0.15) is 10.1 Å². The van der Waals surface area contributed by atoms with Gasteiger partial charge in [-0.3, -0.25) is 14.5 Å².